The van der Waals surface area contributed by atoms with Gasteiger partial charge in [-0.3, -0.25) is 4.90 Å². The van der Waals surface area contributed by atoms with Crippen molar-refractivity contribution in [2.45, 2.75) is 63.7 Å². The summed E-state index contributed by atoms with van der Waals surface area (Å²) < 4.78 is 5.61. The minimum absolute atomic E-state index is 0.142. The third-order valence-electron chi connectivity index (χ3n) is 6.10. The van der Waals surface area contributed by atoms with Crippen LogP contribution in [-0.2, 0) is 6.54 Å². The second-order valence-electron chi connectivity index (χ2n) is 8.09. The lowest BCUT2D eigenvalue weighted by atomic mass is 9.81. The van der Waals surface area contributed by atoms with Crippen LogP contribution in [0, 0.1) is 0 Å². The molecule has 2 aliphatic heterocycles. The highest BCUT2D eigenvalue weighted by molar-refractivity contribution is 5.91. The largest absolute Gasteiger partial charge is 0.492 e. The number of amides is 2. The summed E-state index contributed by atoms with van der Waals surface area (Å²) in [5, 5.41) is 6.19. The molecule has 0 spiro atoms. The van der Waals surface area contributed by atoms with Gasteiger partial charge in [0.15, 0.2) is 0 Å². The van der Waals surface area contributed by atoms with E-state index in [2.05, 4.69) is 45.9 Å². The number of nitrogens with zero attached hydrogens (tertiary/aromatic N) is 1. The van der Waals surface area contributed by atoms with Gasteiger partial charge in [-0.1, -0.05) is 48.9 Å². The summed E-state index contributed by atoms with van der Waals surface area (Å²) in [6, 6.07) is 19.5. The Kier molecular flexibility index (Phi) is 6.35. The Morgan fingerprint density at radius 1 is 1.03 bits per heavy atom. The quantitative estimate of drug-likeness (QED) is 0.742. The van der Waals surface area contributed by atoms with Crippen molar-refractivity contribution >= 4 is 11.7 Å². The van der Waals surface area contributed by atoms with Gasteiger partial charge in [0.2, 0.25) is 0 Å². The highest BCUT2D eigenvalue weighted by atomic mass is 16.5. The van der Waals surface area contributed by atoms with Crippen LogP contribution in [0.1, 0.15) is 44.6 Å². The van der Waals surface area contributed by atoms with Gasteiger partial charge in [0, 0.05) is 24.7 Å². The van der Waals surface area contributed by atoms with Crippen molar-refractivity contribution in [3.05, 3.63) is 60.2 Å². The van der Waals surface area contributed by atoms with Gasteiger partial charge in [-0.2, -0.15) is 0 Å². The molecule has 4 rings (SSSR count). The highest BCUT2D eigenvalue weighted by Crippen LogP contribution is 2.35. The summed E-state index contributed by atoms with van der Waals surface area (Å²) in [6.07, 6.45) is 5.77. The third-order valence-corrected chi connectivity index (χ3v) is 6.10. The zero-order valence-corrected chi connectivity index (χ0v) is 17.1. The van der Waals surface area contributed by atoms with Crippen LogP contribution in [0.25, 0.3) is 0 Å². The number of hydrogen-bond acceptors (Lipinski definition) is 3. The Bertz CT molecular complexity index is 797. The SMILES string of the molecule is CCOc1ccccc1NC(=O)NC1CC2CCCC(C1)N2Cc1ccccc1. The number of fused-ring (bicyclic) bond motifs is 2. The predicted octanol–water partition coefficient (Wildman–Crippen LogP) is 4.79. The molecule has 2 atom stereocenters. The molecule has 2 saturated heterocycles. The van der Waals surface area contributed by atoms with E-state index in [0.29, 0.717) is 30.1 Å². The smallest absolute Gasteiger partial charge is 0.319 e. The summed E-state index contributed by atoms with van der Waals surface area (Å²) in [5.74, 6) is 0.708. The molecular formula is C24H31N3O2. The number of piperidine rings is 2. The van der Waals surface area contributed by atoms with E-state index in [0.717, 1.165) is 19.4 Å². The van der Waals surface area contributed by atoms with Crippen molar-refractivity contribution in [3.8, 4) is 5.75 Å². The van der Waals surface area contributed by atoms with E-state index >= 15 is 0 Å². The van der Waals surface area contributed by atoms with Crippen LogP contribution in [-0.4, -0.2) is 35.7 Å². The molecule has 5 nitrogen and oxygen atoms in total. The predicted molar refractivity (Wildman–Crippen MR) is 116 cm³/mol. The number of para-hydroxylation sites is 2. The molecule has 2 aliphatic rings. The molecule has 2 unspecified atom stereocenters. The summed E-state index contributed by atoms with van der Waals surface area (Å²) in [4.78, 5) is 15.3. The molecule has 0 aliphatic carbocycles. The Morgan fingerprint density at radius 3 is 2.45 bits per heavy atom. The number of rotatable bonds is 6. The molecule has 2 fully saturated rings. The number of anilines is 1. The van der Waals surface area contributed by atoms with Crippen LogP contribution in [0.4, 0.5) is 10.5 Å². The van der Waals surface area contributed by atoms with E-state index in [1.165, 1.54) is 24.8 Å². The maximum Gasteiger partial charge on any atom is 0.319 e. The number of carbonyl (C=O) groups is 1. The molecule has 2 bridgehead atoms. The van der Waals surface area contributed by atoms with E-state index < -0.39 is 0 Å². The first kappa shape index (κ1) is 19.8. The maximum atomic E-state index is 12.6. The topological polar surface area (TPSA) is 53.6 Å². The maximum absolute atomic E-state index is 12.6. The number of ether oxygens (including phenoxy) is 1. The van der Waals surface area contributed by atoms with E-state index in [1.807, 2.05) is 31.2 Å². The van der Waals surface area contributed by atoms with E-state index in [-0.39, 0.29) is 12.1 Å². The monoisotopic (exact) mass is 393 g/mol. The molecule has 2 heterocycles. The first-order valence-corrected chi connectivity index (χ1v) is 10.8. The molecule has 2 amide bonds. The average molecular weight is 394 g/mol. The van der Waals surface area contributed by atoms with E-state index in [1.54, 1.807) is 0 Å². The minimum atomic E-state index is -0.142. The lowest BCUT2D eigenvalue weighted by Gasteiger charge is -2.49. The Labute approximate surface area is 173 Å². The second-order valence-corrected chi connectivity index (χ2v) is 8.09. The van der Waals surface area contributed by atoms with Crippen molar-refractivity contribution in [3.63, 3.8) is 0 Å². The lowest BCUT2D eigenvalue weighted by molar-refractivity contribution is 0.0200. The summed E-state index contributed by atoms with van der Waals surface area (Å²) in [6.45, 7) is 3.53. The third kappa shape index (κ3) is 4.91. The molecule has 0 saturated carbocycles. The van der Waals surface area contributed by atoms with Gasteiger partial charge in [-0.15, -0.1) is 0 Å². The lowest BCUT2D eigenvalue weighted by Crippen LogP contribution is -2.56. The molecular weight excluding hydrogens is 362 g/mol. The Hall–Kier alpha value is -2.53. The van der Waals surface area contributed by atoms with Crippen LogP contribution in [0.5, 0.6) is 5.75 Å². The normalized spacial score (nSPS) is 24.0. The van der Waals surface area contributed by atoms with Crippen molar-refractivity contribution in [2.75, 3.05) is 11.9 Å². The molecule has 154 valence electrons. The van der Waals surface area contributed by atoms with E-state index in [4.69, 9.17) is 4.74 Å². The van der Waals surface area contributed by atoms with Gasteiger partial charge in [0.05, 0.1) is 12.3 Å². The molecule has 2 aromatic carbocycles. The molecule has 0 radical (unpaired) electrons. The zero-order chi connectivity index (χ0) is 20.1. The van der Waals surface area contributed by atoms with Crippen LogP contribution in [0.15, 0.2) is 54.6 Å². The number of carbonyl (C=O) groups excluding carboxylic acids is 1. The number of nitrogens with one attached hydrogen (secondary N) is 2. The Morgan fingerprint density at radius 2 is 1.72 bits per heavy atom. The van der Waals surface area contributed by atoms with Crippen LogP contribution in [0.2, 0.25) is 0 Å². The fourth-order valence-corrected chi connectivity index (χ4v) is 4.84. The van der Waals surface area contributed by atoms with Crippen molar-refractivity contribution in [2.24, 2.45) is 0 Å². The molecule has 2 N–H and O–H groups in total. The van der Waals surface area contributed by atoms with Crippen LogP contribution < -0.4 is 15.4 Å². The summed E-state index contributed by atoms with van der Waals surface area (Å²) in [7, 11) is 0. The first-order chi connectivity index (χ1) is 14.2. The molecule has 5 heteroatoms. The van der Waals surface area contributed by atoms with E-state index in [9.17, 15) is 4.79 Å². The summed E-state index contributed by atoms with van der Waals surface area (Å²) in [5.41, 5.74) is 2.09. The Balaban J connectivity index is 1.36. The van der Waals surface area contributed by atoms with Crippen LogP contribution >= 0.6 is 0 Å². The first-order valence-electron chi connectivity index (χ1n) is 10.8. The van der Waals surface area contributed by atoms with Gasteiger partial charge < -0.3 is 15.4 Å². The minimum Gasteiger partial charge on any atom is -0.492 e. The summed E-state index contributed by atoms with van der Waals surface area (Å²) >= 11 is 0. The van der Waals surface area contributed by atoms with Crippen molar-refractivity contribution in [1.29, 1.82) is 0 Å². The molecule has 29 heavy (non-hydrogen) atoms. The fraction of sp³-hybridized carbons (Fsp3) is 0.458. The fourth-order valence-electron chi connectivity index (χ4n) is 4.84. The van der Waals surface area contributed by atoms with Gasteiger partial charge >= 0.3 is 6.03 Å². The van der Waals surface area contributed by atoms with Crippen LogP contribution in [0.3, 0.4) is 0 Å². The van der Waals surface area contributed by atoms with Crippen molar-refractivity contribution in [1.82, 2.24) is 10.2 Å². The second kappa shape index (κ2) is 9.31. The number of benzene rings is 2. The molecule has 2 aromatic rings. The molecule has 0 aromatic heterocycles. The highest BCUT2D eigenvalue weighted by Gasteiger charge is 2.38. The average Bonchev–Trinajstić information content (AvgIpc) is 2.71. The van der Waals surface area contributed by atoms with Crippen molar-refractivity contribution < 1.29 is 9.53 Å². The number of urea groups is 1. The van der Waals surface area contributed by atoms with Gasteiger partial charge in [-0.05, 0) is 50.3 Å². The van der Waals surface area contributed by atoms with Gasteiger partial charge in [0.25, 0.3) is 0 Å². The van der Waals surface area contributed by atoms with Gasteiger partial charge in [-0.25, -0.2) is 4.79 Å². The van der Waals surface area contributed by atoms with Gasteiger partial charge in [0.1, 0.15) is 5.75 Å². The number of hydrogen-bond donors (Lipinski definition) is 2. The standard InChI is InChI=1S/C24H31N3O2/c1-2-29-23-14-7-6-13-22(23)26-24(28)25-19-15-20-11-8-12-21(16-19)27(20)17-18-9-4-3-5-10-18/h3-7,9-10,13-14,19-21H,2,8,11-12,15-17H2,1H3,(H2,25,26,28). The zero-order valence-electron chi connectivity index (χ0n) is 17.1.